The van der Waals surface area contributed by atoms with Crippen molar-refractivity contribution >= 4 is 35.1 Å². The maximum Gasteiger partial charge on any atom is 0.328 e. The number of aromatic nitrogens is 1. The lowest BCUT2D eigenvalue weighted by Crippen LogP contribution is -2.48. The van der Waals surface area contributed by atoms with Crippen LogP contribution in [-0.2, 0) is 9.53 Å². The number of ether oxygens (including phenoxy) is 1. The number of hydrogen-bond acceptors (Lipinski definition) is 4. The van der Waals surface area contributed by atoms with Gasteiger partial charge in [-0.2, -0.15) is 0 Å². The number of hydrogen-bond donors (Lipinski definition) is 0. The van der Waals surface area contributed by atoms with E-state index in [9.17, 15) is 9.59 Å². The second kappa shape index (κ2) is 6.41. The summed E-state index contributed by atoms with van der Waals surface area (Å²) in [4.78, 5) is 29.6. The maximum atomic E-state index is 12.5. The Hall–Kier alpha value is -1.33. The molecule has 1 aliphatic heterocycles. The molecule has 0 saturated carbocycles. The van der Waals surface area contributed by atoms with Crippen molar-refractivity contribution < 1.29 is 14.3 Å². The van der Waals surface area contributed by atoms with Crippen LogP contribution in [0, 0.1) is 0 Å². The summed E-state index contributed by atoms with van der Waals surface area (Å²) >= 11 is 11.7. The van der Waals surface area contributed by atoms with Gasteiger partial charge in [0.25, 0.3) is 5.91 Å². The molecule has 0 radical (unpaired) electrons. The fourth-order valence-corrected chi connectivity index (χ4v) is 2.71. The summed E-state index contributed by atoms with van der Waals surface area (Å²) in [6, 6.07) is 2.45. The van der Waals surface area contributed by atoms with Gasteiger partial charge in [-0.25, -0.2) is 9.78 Å². The van der Waals surface area contributed by atoms with Crippen LogP contribution in [0.2, 0.25) is 10.3 Å². The Labute approximate surface area is 126 Å². The molecule has 0 spiro atoms. The van der Waals surface area contributed by atoms with Crippen LogP contribution in [0.4, 0.5) is 0 Å². The third-order valence-corrected chi connectivity index (χ3v) is 3.78. The molecule has 1 fully saturated rings. The number of esters is 1. The van der Waals surface area contributed by atoms with Crippen molar-refractivity contribution in [1.29, 1.82) is 0 Å². The molecule has 5 nitrogen and oxygen atoms in total. The van der Waals surface area contributed by atoms with Crippen molar-refractivity contribution in [3.8, 4) is 0 Å². The lowest BCUT2D eigenvalue weighted by molar-refractivity contribution is -0.147. The zero-order chi connectivity index (χ0) is 14.7. The van der Waals surface area contributed by atoms with Gasteiger partial charge in [0.05, 0.1) is 12.7 Å². The molecule has 7 heteroatoms. The summed E-state index contributed by atoms with van der Waals surface area (Å²) < 4.78 is 4.75. The topological polar surface area (TPSA) is 59.5 Å². The predicted molar refractivity (Wildman–Crippen MR) is 74.9 cm³/mol. The lowest BCUT2D eigenvalue weighted by atomic mass is 10.0. The molecular formula is C13H14Cl2N2O3. The number of nitrogens with zero attached hydrogens (tertiary/aromatic N) is 2. The summed E-state index contributed by atoms with van der Waals surface area (Å²) in [5, 5.41) is 0.256. The first-order valence-corrected chi connectivity index (χ1v) is 7.01. The van der Waals surface area contributed by atoms with E-state index in [2.05, 4.69) is 4.98 Å². The average Bonchev–Trinajstić information content (AvgIpc) is 2.46. The van der Waals surface area contributed by atoms with Gasteiger partial charge in [-0.1, -0.05) is 23.2 Å². The Balaban J connectivity index is 2.27. The number of methoxy groups -OCH3 is 1. The SMILES string of the molecule is COC(=O)[C@H]1CCCCN1C(=O)c1ccc(Cl)nc1Cl. The molecule has 0 aliphatic carbocycles. The highest BCUT2D eigenvalue weighted by Crippen LogP contribution is 2.24. The second-order valence-electron chi connectivity index (χ2n) is 4.51. The van der Waals surface area contributed by atoms with Crippen LogP contribution in [0.5, 0.6) is 0 Å². The normalized spacial score (nSPS) is 18.8. The van der Waals surface area contributed by atoms with Gasteiger partial charge in [0, 0.05) is 6.54 Å². The number of pyridine rings is 1. The Bertz CT molecular complexity index is 536. The molecule has 2 heterocycles. The Morgan fingerprint density at radius 3 is 2.75 bits per heavy atom. The highest BCUT2D eigenvalue weighted by atomic mass is 35.5. The fraction of sp³-hybridized carbons (Fsp3) is 0.462. The predicted octanol–water partition coefficient (Wildman–Crippen LogP) is 2.56. The summed E-state index contributed by atoms with van der Waals surface area (Å²) in [6.07, 6.45) is 2.32. The van der Waals surface area contributed by atoms with Gasteiger partial charge >= 0.3 is 5.97 Å². The van der Waals surface area contributed by atoms with Crippen LogP contribution in [-0.4, -0.2) is 41.5 Å². The smallest absolute Gasteiger partial charge is 0.328 e. The highest BCUT2D eigenvalue weighted by molar-refractivity contribution is 6.34. The second-order valence-corrected chi connectivity index (χ2v) is 5.25. The number of amides is 1. The summed E-state index contributed by atoms with van der Waals surface area (Å²) in [5.74, 6) is -0.731. The van der Waals surface area contributed by atoms with E-state index in [1.54, 1.807) is 0 Å². The number of rotatable bonds is 2. The van der Waals surface area contributed by atoms with Crippen LogP contribution in [0.25, 0.3) is 0 Å². The van der Waals surface area contributed by atoms with Crippen molar-refractivity contribution in [2.45, 2.75) is 25.3 Å². The molecule has 20 heavy (non-hydrogen) atoms. The van der Waals surface area contributed by atoms with Crippen LogP contribution < -0.4 is 0 Å². The summed E-state index contributed by atoms with van der Waals surface area (Å²) in [5.41, 5.74) is 0.242. The molecule has 0 bridgehead atoms. The minimum atomic E-state index is -0.562. The standard InChI is InChI=1S/C13H14Cl2N2O3/c1-20-13(19)9-4-2-3-7-17(9)12(18)8-5-6-10(14)16-11(8)15/h5-6,9H,2-4,7H2,1H3/t9-/m1/s1. The van der Waals surface area contributed by atoms with Gasteiger partial charge < -0.3 is 9.64 Å². The first-order chi connectivity index (χ1) is 9.54. The van der Waals surface area contributed by atoms with Gasteiger partial charge in [0.2, 0.25) is 0 Å². The molecule has 0 aromatic carbocycles. The molecule has 0 unspecified atom stereocenters. The highest BCUT2D eigenvalue weighted by Gasteiger charge is 2.34. The molecule has 0 N–H and O–H groups in total. The molecule has 108 valence electrons. The van der Waals surface area contributed by atoms with Crippen LogP contribution in [0.1, 0.15) is 29.6 Å². The summed E-state index contributed by atoms with van der Waals surface area (Å²) in [7, 11) is 1.32. The van der Waals surface area contributed by atoms with E-state index in [1.165, 1.54) is 24.1 Å². The van der Waals surface area contributed by atoms with Crippen molar-refractivity contribution in [3.05, 3.63) is 28.0 Å². The minimum Gasteiger partial charge on any atom is -0.467 e. The number of carbonyl (C=O) groups is 2. The fourth-order valence-electron chi connectivity index (χ4n) is 2.28. The van der Waals surface area contributed by atoms with Crippen molar-refractivity contribution in [1.82, 2.24) is 9.88 Å². The molecular weight excluding hydrogens is 303 g/mol. The van der Waals surface area contributed by atoms with E-state index in [4.69, 9.17) is 27.9 Å². The van der Waals surface area contributed by atoms with E-state index in [0.29, 0.717) is 13.0 Å². The van der Waals surface area contributed by atoms with E-state index >= 15 is 0 Å². The molecule has 1 amide bonds. The van der Waals surface area contributed by atoms with Crippen molar-refractivity contribution in [3.63, 3.8) is 0 Å². The maximum absolute atomic E-state index is 12.5. The van der Waals surface area contributed by atoms with Crippen LogP contribution in [0.3, 0.4) is 0 Å². The molecule has 1 atom stereocenters. The average molecular weight is 317 g/mol. The quantitative estimate of drug-likeness (QED) is 0.621. The molecule has 1 saturated heterocycles. The number of carbonyl (C=O) groups excluding carboxylic acids is 2. The molecule has 1 aromatic rings. The zero-order valence-corrected chi connectivity index (χ0v) is 12.4. The van der Waals surface area contributed by atoms with E-state index in [1.807, 2.05) is 0 Å². The monoisotopic (exact) mass is 316 g/mol. The minimum absolute atomic E-state index is 0.0386. The van der Waals surface area contributed by atoms with Gasteiger partial charge in [0.1, 0.15) is 16.3 Å². The Morgan fingerprint density at radius 1 is 1.35 bits per heavy atom. The first-order valence-electron chi connectivity index (χ1n) is 6.25. The molecule has 2 rings (SSSR count). The van der Waals surface area contributed by atoms with E-state index in [0.717, 1.165) is 12.8 Å². The van der Waals surface area contributed by atoms with Gasteiger partial charge in [-0.3, -0.25) is 4.79 Å². The van der Waals surface area contributed by atoms with E-state index in [-0.39, 0.29) is 21.8 Å². The van der Waals surface area contributed by atoms with E-state index < -0.39 is 12.0 Å². The summed E-state index contributed by atoms with van der Waals surface area (Å²) in [6.45, 7) is 0.498. The molecule has 1 aromatic heterocycles. The third-order valence-electron chi connectivity index (χ3n) is 3.28. The Morgan fingerprint density at radius 2 is 2.10 bits per heavy atom. The largest absolute Gasteiger partial charge is 0.467 e. The third kappa shape index (κ3) is 3.04. The number of piperidine rings is 1. The van der Waals surface area contributed by atoms with Crippen molar-refractivity contribution in [2.24, 2.45) is 0 Å². The lowest BCUT2D eigenvalue weighted by Gasteiger charge is -2.33. The Kier molecular flexibility index (Phi) is 4.83. The molecule has 1 aliphatic rings. The van der Waals surface area contributed by atoms with Crippen LogP contribution in [0.15, 0.2) is 12.1 Å². The van der Waals surface area contributed by atoms with Gasteiger partial charge in [-0.15, -0.1) is 0 Å². The van der Waals surface area contributed by atoms with Crippen LogP contribution >= 0.6 is 23.2 Å². The number of likely N-dealkylation sites (tertiary alicyclic amines) is 1. The van der Waals surface area contributed by atoms with Crippen molar-refractivity contribution in [2.75, 3.05) is 13.7 Å². The first kappa shape index (κ1) is 15.1. The zero-order valence-electron chi connectivity index (χ0n) is 10.9. The van der Waals surface area contributed by atoms with Gasteiger partial charge in [0.15, 0.2) is 0 Å². The number of halogens is 2. The van der Waals surface area contributed by atoms with Gasteiger partial charge in [-0.05, 0) is 31.4 Å².